The van der Waals surface area contributed by atoms with E-state index in [1.54, 1.807) is 17.1 Å². The molecule has 3 rings (SSSR count). The van der Waals surface area contributed by atoms with E-state index in [2.05, 4.69) is 41.5 Å². The lowest BCUT2D eigenvalue weighted by atomic mass is 10.3. The summed E-state index contributed by atoms with van der Waals surface area (Å²) in [5.41, 5.74) is 2.78. The second kappa shape index (κ2) is 6.91. The molecule has 0 fully saturated rings. The molecule has 3 heterocycles. The predicted octanol–water partition coefficient (Wildman–Crippen LogP) is 2.02. The van der Waals surface area contributed by atoms with Gasteiger partial charge in [0, 0.05) is 18.9 Å². The number of carbonyl (C=O) groups is 1. The van der Waals surface area contributed by atoms with E-state index in [0.717, 1.165) is 21.4 Å². The second-order valence-corrected chi connectivity index (χ2v) is 5.99. The molecule has 3 aromatic rings. The van der Waals surface area contributed by atoms with Crippen LogP contribution in [-0.4, -0.2) is 30.8 Å². The summed E-state index contributed by atoms with van der Waals surface area (Å²) in [4.78, 5) is 20.1. The summed E-state index contributed by atoms with van der Waals surface area (Å²) in [5, 5.41) is 10.9. The summed E-state index contributed by atoms with van der Waals surface area (Å²) < 4.78 is 7.72. The summed E-state index contributed by atoms with van der Waals surface area (Å²) in [7, 11) is 0. The van der Waals surface area contributed by atoms with Gasteiger partial charge in [0.15, 0.2) is 5.82 Å². The Labute approximate surface area is 146 Å². The average molecular weight is 391 g/mol. The number of hydrogen-bond donors (Lipinski definition) is 1. The largest absolute Gasteiger partial charge is 0.344 e. The summed E-state index contributed by atoms with van der Waals surface area (Å²) in [6.07, 6.45) is 3.33. The molecule has 0 aliphatic rings. The van der Waals surface area contributed by atoms with Crippen LogP contribution in [0.5, 0.6) is 0 Å². The van der Waals surface area contributed by atoms with Crippen molar-refractivity contribution in [2.45, 2.75) is 26.9 Å². The van der Waals surface area contributed by atoms with Crippen molar-refractivity contribution in [1.82, 2.24) is 30.2 Å². The summed E-state index contributed by atoms with van der Waals surface area (Å²) in [5.74, 6) is -0.0954. The minimum atomic E-state index is -0.417. The minimum absolute atomic E-state index is 0.0698. The number of nitrogens with one attached hydrogen (secondary N) is 1. The molecule has 8 nitrogen and oxygen atoms in total. The standard InChI is InChI=1S/C15H15BrN6O2/c1-9-13(16)10(2)22(20-9)8-12-19-15(24-21-12)14(23)18-7-11-3-5-17-6-4-11/h3-6H,7-8H2,1-2H3,(H,18,23). The van der Waals surface area contributed by atoms with Crippen molar-refractivity contribution in [3.05, 3.63) is 57.7 Å². The molecule has 0 atom stereocenters. The van der Waals surface area contributed by atoms with E-state index in [0.29, 0.717) is 18.9 Å². The molecule has 24 heavy (non-hydrogen) atoms. The zero-order chi connectivity index (χ0) is 17.1. The first-order chi connectivity index (χ1) is 11.5. The number of halogens is 1. The first kappa shape index (κ1) is 16.3. The van der Waals surface area contributed by atoms with Gasteiger partial charge in [-0.2, -0.15) is 10.1 Å². The van der Waals surface area contributed by atoms with Gasteiger partial charge in [-0.1, -0.05) is 5.16 Å². The average Bonchev–Trinajstić information content (AvgIpc) is 3.15. The zero-order valence-electron chi connectivity index (χ0n) is 13.2. The highest BCUT2D eigenvalue weighted by molar-refractivity contribution is 9.10. The topological polar surface area (TPSA) is 98.7 Å². The fraction of sp³-hybridized carbons (Fsp3) is 0.267. The molecule has 0 aliphatic carbocycles. The van der Waals surface area contributed by atoms with Crippen LogP contribution in [0.25, 0.3) is 0 Å². The molecule has 0 aromatic carbocycles. The Kier molecular flexibility index (Phi) is 4.70. The zero-order valence-corrected chi connectivity index (χ0v) is 14.7. The first-order valence-electron chi connectivity index (χ1n) is 7.24. The van der Waals surface area contributed by atoms with Gasteiger partial charge >= 0.3 is 11.8 Å². The van der Waals surface area contributed by atoms with Crippen molar-refractivity contribution < 1.29 is 9.32 Å². The van der Waals surface area contributed by atoms with E-state index in [1.807, 2.05) is 26.0 Å². The fourth-order valence-corrected chi connectivity index (χ4v) is 2.42. The molecule has 9 heteroatoms. The molecule has 0 radical (unpaired) electrons. The summed E-state index contributed by atoms with van der Waals surface area (Å²) in [6, 6.07) is 3.64. The Morgan fingerprint density at radius 2 is 2.08 bits per heavy atom. The van der Waals surface area contributed by atoms with Crippen LogP contribution < -0.4 is 5.32 Å². The van der Waals surface area contributed by atoms with E-state index in [-0.39, 0.29) is 5.89 Å². The van der Waals surface area contributed by atoms with E-state index in [1.165, 1.54) is 0 Å². The van der Waals surface area contributed by atoms with E-state index in [4.69, 9.17) is 4.52 Å². The maximum Gasteiger partial charge on any atom is 0.316 e. The normalized spacial score (nSPS) is 10.8. The number of nitrogens with zero attached hydrogens (tertiary/aromatic N) is 5. The Hall–Kier alpha value is -2.55. The lowest BCUT2D eigenvalue weighted by Gasteiger charge is -2.01. The molecule has 0 aliphatic heterocycles. The van der Waals surface area contributed by atoms with Crippen molar-refractivity contribution in [1.29, 1.82) is 0 Å². The molecule has 1 N–H and O–H groups in total. The third-order valence-corrected chi connectivity index (χ3v) is 4.60. The lowest BCUT2D eigenvalue weighted by Crippen LogP contribution is -2.23. The maximum atomic E-state index is 12.1. The number of rotatable bonds is 5. The molecular formula is C15H15BrN6O2. The Morgan fingerprint density at radius 3 is 2.75 bits per heavy atom. The van der Waals surface area contributed by atoms with Crippen molar-refractivity contribution in [3.8, 4) is 0 Å². The molecule has 124 valence electrons. The second-order valence-electron chi connectivity index (χ2n) is 5.20. The quantitative estimate of drug-likeness (QED) is 0.715. The van der Waals surface area contributed by atoms with Gasteiger partial charge in [0.1, 0.15) is 6.54 Å². The van der Waals surface area contributed by atoms with Gasteiger partial charge in [0.2, 0.25) is 0 Å². The maximum absolute atomic E-state index is 12.1. The molecule has 0 saturated carbocycles. The molecule has 3 aromatic heterocycles. The van der Waals surface area contributed by atoms with Gasteiger partial charge in [-0.25, -0.2) is 0 Å². The van der Waals surface area contributed by atoms with Crippen LogP contribution in [0.3, 0.4) is 0 Å². The van der Waals surface area contributed by atoms with E-state index >= 15 is 0 Å². The van der Waals surface area contributed by atoms with Crippen molar-refractivity contribution >= 4 is 21.8 Å². The molecule has 0 unspecified atom stereocenters. The monoisotopic (exact) mass is 390 g/mol. The van der Waals surface area contributed by atoms with Gasteiger partial charge in [0.25, 0.3) is 0 Å². The highest BCUT2D eigenvalue weighted by Crippen LogP contribution is 2.20. The lowest BCUT2D eigenvalue weighted by molar-refractivity contribution is 0.0907. The molecule has 0 spiro atoms. The SMILES string of the molecule is Cc1nn(Cc2noc(C(=O)NCc3ccncc3)n2)c(C)c1Br. The van der Waals surface area contributed by atoms with Crippen molar-refractivity contribution in [3.63, 3.8) is 0 Å². The van der Waals surface area contributed by atoms with Gasteiger partial charge in [-0.3, -0.25) is 14.5 Å². The molecular weight excluding hydrogens is 376 g/mol. The third kappa shape index (κ3) is 3.51. The Balaban J connectivity index is 1.64. The summed E-state index contributed by atoms with van der Waals surface area (Å²) >= 11 is 3.47. The van der Waals surface area contributed by atoms with Gasteiger partial charge in [0.05, 0.1) is 15.9 Å². The number of aromatic nitrogens is 5. The van der Waals surface area contributed by atoms with Gasteiger partial charge < -0.3 is 9.84 Å². The van der Waals surface area contributed by atoms with Crippen LogP contribution in [0.1, 0.15) is 33.5 Å². The highest BCUT2D eigenvalue weighted by atomic mass is 79.9. The predicted molar refractivity (Wildman–Crippen MR) is 88.2 cm³/mol. The Morgan fingerprint density at radius 1 is 1.33 bits per heavy atom. The van der Waals surface area contributed by atoms with Crippen LogP contribution in [0.4, 0.5) is 0 Å². The van der Waals surface area contributed by atoms with Crippen molar-refractivity contribution in [2.24, 2.45) is 0 Å². The number of amides is 1. The number of pyridine rings is 1. The fourth-order valence-electron chi connectivity index (χ4n) is 2.13. The minimum Gasteiger partial charge on any atom is -0.344 e. The van der Waals surface area contributed by atoms with Gasteiger partial charge in [-0.15, -0.1) is 0 Å². The smallest absolute Gasteiger partial charge is 0.316 e. The van der Waals surface area contributed by atoms with Crippen LogP contribution in [0, 0.1) is 13.8 Å². The number of carbonyl (C=O) groups excluding carboxylic acids is 1. The number of aryl methyl sites for hydroxylation is 1. The molecule has 1 amide bonds. The number of hydrogen-bond acceptors (Lipinski definition) is 6. The van der Waals surface area contributed by atoms with E-state index < -0.39 is 5.91 Å². The summed E-state index contributed by atoms with van der Waals surface area (Å²) in [6.45, 7) is 4.54. The van der Waals surface area contributed by atoms with Crippen LogP contribution in [0.2, 0.25) is 0 Å². The Bertz CT molecular complexity index is 858. The van der Waals surface area contributed by atoms with Crippen LogP contribution in [0.15, 0.2) is 33.5 Å². The van der Waals surface area contributed by atoms with Gasteiger partial charge in [-0.05, 0) is 47.5 Å². The van der Waals surface area contributed by atoms with Crippen molar-refractivity contribution in [2.75, 3.05) is 0 Å². The van der Waals surface area contributed by atoms with Crippen LogP contribution in [-0.2, 0) is 13.1 Å². The molecule has 0 bridgehead atoms. The van der Waals surface area contributed by atoms with Crippen LogP contribution >= 0.6 is 15.9 Å². The first-order valence-corrected chi connectivity index (χ1v) is 8.03. The van der Waals surface area contributed by atoms with E-state index in [9.17, 15) is 4.79 Å². The highest BCUT2D eigenvalue weighted by Gasteiger charge is 2.17. The molecule has 0 saturated heterocycles. The third-order valence-electron chi connectivity index (χ3n) is 3.45.